The molecule has 1 saturated heterocycles. The second-order valence-corrected chi connectivity index (χ2v) is 5.12. The van der Waals surface area contributed by atoms with Gasteiger partial charge in [-0.1, -0.05) is 0 Å². The number of rotatable bonds is 4. The van der Waals surface area contributed by atoms with Gasteiger partial charge in [-0.2, -0.15) is 0 Å². The summed E-state index contributed by atoms with van der Waals surface area (Å²) in [6, 6.07) is 0.200. The lowest BCUT2D eigenvalue weighted by atomic mass is 10.2. The molecule has 1 fully saturated rings. The second kappa shape index (κ2) is 6.14. The third-order valence-electron chi connectivity index (χ3n) is 3.77. The normalized spacial score (nSPS) is 21.1. The van der Waals surface area contributed by atoms with Gasteiger partial charge in [0.05, 0.1) is 6.10 Å². The van der Waals surface area contributed by atoms with Crippen LogP contribution in [0.3, 0.4) is 0 Å². The number of nitrogens with zero attached hydrogens (tertiary/aromatic N) is 3. The Balaban J connectivity index is 2.22. The minimum atomic E-state index is -1.11. The van der Waals surface area contributed by atoms with E-state index in [9.17, 15) is 24.3 Å². The number of amides is 1. The van der Waals surface area contributed by atoms with Gasteiger partial charge in [0.2, 0.25) is 5.91 Å². The molecule has 0 aromatic carbocycles. The first-order valence-electron chi connectivity index (χ1n) is 6.66. The Morgan fingerprint density at radius 2 is 2.09 bits per heavy atom. The number of aromatic nitrogens is 2. The van der Waals surface area contributed by atoms with Gasteiger partial charge in [0.1, 0.15) is 12.6 Å². The van der Waals surface area contributed by atoms with Crippen LogP contribution >= 0.6 is 0 Å². The lowest BCUT2D eigenvalue weighted by molar-refractivity contribution is -0.148. The van der Waals surface area contributed by atoms with Gasteiger partial charge in [0.25, 0.3) is 5.56 Å². The Hall–Kier alpha value is -2.42. The van der Waals surface area contributed by atoms with E-state index in [1.54, 1.807) is 0 Å². The number of ether oxygens (including phenoxy) is 1. The summed E-state index contributed by atoms with van der Waals surface area (Å²) >= 11 is 0. The Bertz CT molecular complexity index is 706. The number of carboxylic acids is 1. The highest BCUT2D eigenvalue weighted by atomic mass is 16.5. The average molecular weight is 311 g/mol. The zero-order chi connectivity index (χ0) is 16.4. The first-order chi connectivity index (χ1) is 10.3. The van der Waals surface area contributed by atoms with Crippen molar-refractivity contribution >= 4 is 11.9 Å². The molecule has 1 aliphatic heterocycles. The molecule has 1 aromatic heterocycles. The molecule has 1 N–H and O–H groups in total. The smallest absolute Gasteiger partial charge is 0.331 e. The molecule has 9 heteroatoms. The summed E-state index contributed by atoms with van der Waals surface area (Å²) in [5.41, 5.74) is -1.10. The van der Waals surface area contributed by atoms with Crippen LogP contribution in [-0.2, 0) is 27.9 Å². The predicted octanol–water partition coefficient (Wildman–Crippen LogP) is -1.75. The van der Waals surface area contributed by atoms with Crippen molar-refractivity contribution in [3.05, 3.63) is 33.1 Å². The summed E-state index contributed by atoms with van der Waals surface area (Å²) in [5, 5.41) is 9.18. The standard InChI is InChI=1S/C13H17N3O6/c1-14-10(17)3-4-15(13(14)21)7-11(18)16-6-8(22-2)5-9(16)12(19)20/h3-4,8-9H,5-7H2,1-2H3,(H,19,20). The third kappa shape index (κ3) is 2.93. The predicted molar refractivity (Wildman–Crippen MR) is 74.5 cm³/mol. The fraction of sp³-hybridized carbons (Fsp3) is 0.538. The van der Waals surface area contributed by atoms with Crippen molar-refractivity contribution < 1.29 is 19.4 Å². The van der Waals surface area contributed by atoms with Crippen molar-refractivity contribution in [1.82, 2.24) is 14.0 Å². The van der Waals surface area contributed by atoms with Crippen LogP contribution in [0, 0.1) is 0 Å². The van der Waals surface area contributed by atoms with Crippen LogP contribution in [-0.4, -0.2) is 56.8 Å². The van der Waals surface area contributed by atoms with Crippen LogP contribution in [0.1, 0.15) is 6.42 Å². The number of carbonyl (C=O) groups excluding carboxylic acids is 1. The minimum absolute atomic E-state index is 0.160. The molecule has 22 heavy (non-hydrogen) atoms. The quantitative estimate of drug-likeness (QED) is 0.706. The van der Waals surface area contributed by atoms with Crippen LogP contribution in [0.2, 0.25) is 0 Å². The van der Waals surface area contributed by atoms with Crippen LogP contribution < -0.4 is 11.2 Å². The van der Waals surface area contributed by atoms with E-state index in [0.29, 0.717) is 0 Å². The summed E-state index contributed by atoms with van der Waals surface area (Å²) in [6.45, 7) is -0.167. The maximum absolute atomic E-state index is 12.3. The maximum atomic E-state index is 12.3. The maximum Gasteiger partial charge on any atom is 0.331 e. The number of aliphatic carboxylic acids is 1. The van der Waals surface area contributed by atoms with Gasteiger partial charge in [0, 0.05) is 39.4 Å². The number of hydrogen-bond acceptors (Lipinski definition) is 5. The number of methoxy groups -OCH3 is 1. The van der Waals surface area contributed by atoms with E-state index in [4.69, 9.17) is 4.74 Å². The summed E-state index contributed by atoms with van der Waals surface area (Å²) in [6.07, 6.45) is 1.09. The first kappa shape index (κ1) is 16.0. The molecule has 2 heterocycles. The highest BCUT2D eigenvalue weighted by Gasteiger charge is 2.39. The fourth-order valence-electron chi connectivity index (χ4n) is 2.45. The van der Waals surface area contributed by atoms with E-state index in [1.807, 2.05) is 0 Å². The molecule has 0 radical (unpaired) electrons. The lowest BCUT2D eigenvalue weighted by Gasteiger charge is -2.21. The largest absolute Gasteiger partial charge is 0.480 e. The van der Waals surface area contributed by atoms with Crippen LogP contribution in [0.5, 0.6) is 0 Å². The summed E-state index contributed by atoms with van der Waals surface area (Å²) in [5.74, 6) is -1.62. The van der Waals surface area contributed by atoms with Crippen LogP contribution in [0.4, 0.5) is 0 Å². The van der Waals surface area contributed by atoms with Gasteiger partial charge in [-0.15, -0.1) is 0 Å². The number of hydrogen-bond donors (Lipinski definition) is 1. The van der Waals surface area contributed by atoms with Crippen molar-refractivity contribution in [2.45, 2.75) is 25.1 Å². The molecular formula is C13H17N3O6. The first-order valence-corrected chi connectivity index (χ1v) is 6.66. The van der Waals surface area contributed by atoms with E-state index >= 15 is 0 Å². The summed E-state index contributed by atoms with van der Waals surface area (Å²) in [7, 11) is 2.76. The number of carbonyl (C=O) groups is 2. The minimum Gasteiger partial charge on any atom is -0.480 e. The topological polar surface area (TPSA) is 111 Å². The molecule has 0 saturated carbocycles. The molecule has 2 rings (SSSR count). The van der Waals surface area contributed by atoms with Gasteiger partial charge >= 0.3 is 11.7 Å². The summed E-state index contributed by atoms with van der Waals surface area (Å²) in [4.78, 5) is 47.9. The van der Waals surface area contributed by atoms with Gasteiger partial charge < -0.3 is 14.7 Å². The summed E-state index contributed by atoms with van der Waals surface area (Å²) < 4.78 is 7.06. The molecule has 1 aliphatic rings. The monoisotopic (exact) mass is 311 g/mol. The molecule has 1 aromatic rings. The van der Waals surface area contributed by atoms with Crippen molar-refractivity contribution in [3.63, 3.8) is 0 Å². The van der Waals surface area contributed by atoms with Crippen molar-refractivity contribution in [1.29, 1.82) is 0 Å². The lowest BCUT2D eigenvalue weighted by Crippen LogP contribution is -2.45. The third-order valence-corrected chi connectivity index (χ3v) is 3.77. The zero-order valence-corrected chi connectivity index (χ0v) is 12.3. The SMILES string of the molecule is COC1CC(C(=O)O)N(C(=O)Cn2ccc(=O)n(C)c2=O)C1. The number of likely N-dealkylation sites (tertiary alicyclic amines) is 1. The molecule has 0 aliphatic carbocycles. The van der Waals surface area contributed by atoms with Gasteiger partial charge in [0.15, 0.2) is 0 Å². The fourth-order valence-corrected chi connectivity index (χ4v) is 2.45. The zero-order valence-electron chi connectivity index (χ0n) is 12.3. The molecule has 0 spiro atoms. The van der Waals surface area contributed by atoms with E-state index in [-0.39, 0.29) is 25.6 Å². The van der Waals surface area contributed by atoms with E-state index in [0.717, 1.165) is 9.13 Å². The van der Waals surface area contributed by atoms with Crippen molar-refractivity contribution in [2.24, 2.45) is 7.05 Å². The van der Waals surface area contributed by atoms with Gasteiger partial charge in [-0.05, 0) is 0 Å². The van der Waals surface area contributed by atoms with Gasteiger partial charge in [-0.25, -0.2) is 9.59 Å². The molecule has 9 nitrogen and oxygen atoms in total. The average Bonchev–Trinajstić information content (AvgIpc) is 2.92. The van der Waals surface area contributed by atoms with Gasteiger partial charge in [-0.3, -0.25) is 18.7 Å². The second-order valence-electron chi connectivity index (χ2n) is 5.12. The Labute approximate surface area is 125 Å². The molecule has 120 valence electrons. The Kier molecular flexibility index (Phi) is 4.45. The van der Waals surface area contributed by atoms with E-state index in [1.165, 1.54) is 31.3 Å². The van der Waals surface area contributed by atoms with Crippen molar-refractivity contribution in [2.75, 3.05) is 13.7 Å². The molecular weight excluding hydrogens is 294 g/mol. The molecule has 2 unspecified atom stereocenters. The van der Waals surface area contributed by atoms with E-state index < -0.39 is 29.2 Å². The molecule has 1 amide bonds. The Morgan fingerprint density at radius 1 is 1.41 bits per heavy atom. The van der Waals surface area contributed by atoms with Crippen LogP contribution in [0.15, 0.2) is 21.9 Å². The highest BCUT2D eigenvalue weighted by Crippen LogP contribution is 2.20. The highest BCUT2D eigenvalue weighted by molar-refractivity contribution is 5.84. The van der Waals surface area contributed by atoms with Crippen molar-refractivity contribution in [3.8, 4) is 0 Å². The number of carboxylic acid groups (broad SMARTS) is 1. The Morgan fingerprint density at radius 3 is 2.68 bits per heavy atom. The molecule has 0 bridgehead atoms. The van der Waals surface area contributed by atoms with Crippen LogP contribution in [0.25, 0.3) is 0 Å². The van der Waals surface area contributed by atoms with E-state index in [2.05, 4.69) is 0 Å². The molecule has 2 atom stereocenters.